The predicted octanol–water partition coefficient (Wildman–Crippen LogP) is 1.35. The lowest BCUT2D eigenvalue weighted by molar-refractivity contribution is -0.138. The summed E-state index contributed by atoms with van der Waals surface area (Å²) in [7, 11) is 0. The van der Waals surface area contributed by atoms with Crippen molar-refractivity contribution in [3.05, 3.63) is 11.8 Å². The van der Waals surface area contributed by atoms with E-state index in [-0.39, 0.29) is 18.1 Å². The number of carbonyl (C=O) groups excluding carboxylic acids is 1. The van der Waals surface area contributed by atoms with Crippen molar-refractivity contribution in [1.29, 1.82) is 0 Å². The quantitative estimate of drug-likeness (QED) is 0.550. The van der Waals surface area contributed by atoms with E-state index < -0.39 is 0 Å². The van der Waals surface area contributed by atoms with Gasteiger partial charge in [0, 0.05) is 11.8 Å². The minimum Gasteiger partial charge on any atom is -0.463 e. The summed E-state index contributed by atoms with van der Waals surface area (Å²) in [4.78, 5) is 11.3. The molecule has 0 aromatic carbocycles. The lowest BCUT2D eigenvalue weighted by Crippen LogP contribution is -2.43. The van der Waals surface area contributed by atoms with Crippen molar-refractivity contribution in [2.75, 3.05) is 13.2 Å². The normalized spacial score (nSPS) is 19.6. The van der Waals surface area contributed by atoms with Gasteiger partial charge >= 0.3 is 5.97 Å². The first-order valence-electron chi connectivity index (χ1n) is 5.86. The Bertz CT molecular complexity index is 267. The maximum Gasteiger partial charge on any atom is 0.335 e. The Morgan fingerprint density at radius 1 is 1.50 bits per heavy atom. The van der Waals surface area contributed by atoms with Crippen LogP contribution in [0.1, 0.15) is 39.5 Å². The summed E-state index contributed by atoms with van der Waals surface area (Å²) in [6.45, 7) is 3.99. The first-order valence-corrected chi connectivity index (χ1v) is 5.86. The van der Waals surface area contributed by atoms with Crippen LogP contribution in [0, 0.1) is 0 Å². The standard InChI is InChI=1S/C12H21NO3/c1-3-16-11(15)10(2)8-13-12(9-14)6-4-5-7-12/h8,13-14H,3-7,9H2,1-2H3/b10-8-. The molecule has 0 unspecified atom stereocenters. The summed E-state index contributed by atoms with van der Waals surface area (Å²) in [5.41, 5.74) is 0.315. The van der Waals surface area contributed by atoms with Crippen molar-refractivity contribution in [2.45, 2.75) is 45.1 Å². The van der Waals surface area contributed by atoms with Gasteiger partial charge < -0.3 is 15.2 Å². The molecule has 0 aromatic heterocycles. The van der Waals surface area contributed by atoms with Gasteiger partial charge in [0.25, 0.3) is 0 Å². The van der Waals surface area contributed by atoms with E-state index in [1.54, 1.807) is 20.0 Å². The molecule has 16 heavy (non-hydrogen) atoms. The number of rotatable bonds is 5. The van der Waals surface area contributed by atoms with Crippen LogP contribution in [0.3, 0.4) is 0 Å². The van der Waals surface area contributed by atoms with Gasteiger partial charge in [-0.3, -0.25) is 0 Å². The molecule has 0 saturated heterocycles. The van der Waals surface area contributed by atoms with E-state index in [4.69, 9.17) is 4.74 Å². The molecule has 0 aliphatic heterocycles. The highest BCUT2D eigenvalue weighted by atomic mass is 16.5. The molecule has 1 aliphatic rings. The molecule has 0 bridgehead atoms. The van der Waals surface area contributed by atoms with Gasteiger partial charge in [0.2, 0.25) is 0 Å². The van der Waals surface area contributed by atoms with Crippen LogP contribution in [0.2, 0.25) is 0 Å². The van der Waals surface area contributed by atoms with E-state index >= 15 is 0 Å². The van der Waals surface area contributed by atoms with E-state index in [9.17, 15) is 9.90 Å². The molecule has 0 aromatic rings. The fourth-order valence-corrected chi connectivity index (χ4v) is 1.97. The number of aliphatic hydroxyl groups is 1. The molecule has 92 valence electrons. The summed E-state index contributed by atoms with van der Waals surface area (Å²) in [6.07, 6.45) is 5.82. The minimum atomic E-state index is -0.305. The lowest BCUT2D eigenvalue weighted by atomic mass is 9.99. The molecular weight excluding hydrogens is 206 g/mol. The van der Waals surface area contributed by atoms with Crippen molar-refractivity contribution in [3.63, 3.8) is 0 Å². The fraction of sp³-hybridized carbons (Fsp3) is 0.750. The maximum absolute atomic E-state index is 11.3. The third-order valence-electron chi connectivity index (χ3n) is 3.06. The molecule has 1 saturated carbocycles. The number of ether oxygens (including phenoxy) is 1. The molecule has 0 heterocycles. The third-order valence-corrected chi connectivity index (χ3v) is 3.06. The van der Waals surface area contributed by atoms with Gasteiger partial charge in [-0.15, -0.1) is 0 Å². The van der Waals surface area contributed by atoms with Gasteiger partial charge in [-0.05, 0) is 26.7 Å². The zero-order valence-electron chi connectivity index (χ0n) is 10.1. The SMILES string of the molecule is CCOC(=O)/C(C)=C\NC1(CO)CCCC1. The zero-order valence-corrected chi connectivity index (χ0v) is 10.1. The van der Waals surface area contributed by atoms with Crippen LogP contribution in [0.4, 0.5) is 0 Å². The second-order valence-corrected chi connectivity index (χ2v) is 4.34. The second-order valence-electron chi connectivity index (χ2n) is 4.34. The number of esters is 1. The summed E-state index contributed by atoms with van der Waals surface area (Å²) in [5, 5.41) is 12.5. The Morgan fingerprint density at radius 3 is 2.62 bits per heavy atom. The lowest BCUT2D eigenvalue weighted by Gasteiger charge is -2.27. The molecule has 0 spiro atoms. The summed E-state index contributed by atoms with van der Waals surface area (Å²) >= 11 is 0. The first-order chi connectivity index (χ1) is 7.63. The van der Waals surface area contributed by atoms with Gasteiger partial charge in [0.1, 0.15) is 0 Å². The Balaban J connectivity index is 2.53. The molecule has 0 amide bonds. The van der Waals surface area contributed by atoms with Crippen LogP contribution >= 0.6 is 0 Å². The number of hydrogen-bond donors (Lipinski definition) is 2. The van der Waals surface area contributed by atoms with Gasteiger partial charge in [0.15, 0.2) is 0 Å². The van der Waals surface area contributed by atoms with E-state index in [0.29, 0.717) is 12.2 Å². The van der Waals surface area contributed by atoms with Crippen LogP contribution in [-0.2, 0) is 9.53 Å². The van der Waals surface area contributed by atoms with Crippen LogP contribution in [-0.4, -0.2) is 29.8 Å². The second kappa shape index (κ2) is 5.89. The Labute approximate surface area is 96.7 Å². The summed E-state index contributed by atoms with van der Waals surface area (Å²) in [5.74, 6) is -0.305. The highest BCUT2D eigenvalue weighted by Gasteiger charge is 2.31. The average Bonchev–Trinajstić information content (AvgIpc) is 2.75. The van der Waals surface area contributed by atoms with E-state index in [1.165, 1.54) is 0 Å². The highest BCUT2D eigenvalue weighted by molar-refractivity contribution is 5.87. The molecule has 0 atom stereocenters. The van der Waals surface area contributed by atoms with Gasteiger partial charge in [-0.1, -0.05) is 12.8 Å². The van der Waals surface area contributed by atoms with Crippen molar-refractivity contribution >= 4 is 5.97 Å². The monoisotopic (exact) mass is 227 g/mol. The van der Waals surface area contributed by atoms with Crippen molar-refractivity contribution in [2.24, 2.45) is 0 Å². The highest BCUT2D eigenvalue weighted by Crippen LogP contribution is 2.29. The van der Waals surface area contributed by atoms with Gasteiger partial charge in [-0.2, -0.15) is 0 Å². The number of nitrogens with one attached hydrogen (secondary N) is 1. The summed E-state index contributed by atoms with van der Waals surface area (Å²) < 4.78 is 4.88. The molecule has 1 fully saturated rings. The van der Waals surface area contributed by atoms with Crippen LogP contribution in [0.5, 0.6) is 0 Å². The minimum absolute atomic E-state index is 0.111. The molecule has 1 rings (SSSR count). The smallest absolute Gasteiger partial charge is 0.335 e. The molecule has 4 nitrogen and oxygen atoms in total. The maximum atomic E-state index is 11.3. The van der Waals surface area contributed by atoms with Crippen molar-refractivity contribution < 1.29 is 14.6 Å². The zero-order chi connectivity index (χ0) is 12.0. The van der Waals surface area contributed by atoms with Crippen molar-refractivity contribution in [3.8, 4) is 0 Å². The van der Waals surface area contributed by atoms with E-state index in [2.05, 4.69) is 5.32 Å². The average molecular weight is 227 g/mol. The van der Waals surface area contributed by atoms with Crippen LogP contribution in [0.15, 0.2) is 11.8 Å². The van der Waals surface area contributed by atoms with Gasteiger partial charge in [-0.25, -0.2) is 4.79 Å². The van der Waals surface area contributed by atoms with E-state index in [0.717, 1.165) is 25.7 Å². The first kappa shape index (κ1) is 13.0. The van der Waals surface area contributed by atoms with Crippen molar-refractivity contribution in [1.82, 2.24) is 5.32 Å². The van der Waals surface area contributed by atoms with Crippen LogP contribution < -0.4 is 5.32 Å². The largest absolute Gasteiger partial charge is 0.463 e. The Morgan fingerprint density at radius 2 is 2.12 bits per heavy atom. The molecule has 4 heteroatoms. The number of hydrogen-bond acceptors (Lipinski definition) is 4. The Hall–Kier alpha value is -1.03. The molecular formula is C12H21NO3. The van der Waals surface area contributed by atoms with Crippen LogP contribution in [0.25, 0.3) is 0 Å². The van der Waals surface area contributed by atoms with Gasteiger partial charge in [0.05, 0.1) is 18.8 Å². The number of carbonyl (C=O) groups is 1. The molecule has 1 aliphatic carbocycles. The molecule has 0 radical (unpaired) electrons. The number of aliphatic hydroxyl groups excluding tert-OH is 1. The van der Waals surface area contributed by atoms with E-state index in [1.807, 2.05) is 0 Å². The Kier molecular flexibility index (Phi) is 4.80. The topological polar surface area (TPSA) is 58.6 Å². The summed E-state index contributed by atoms with van der Waals surface area (Å²) in [6, 6.07) is 0. The predicted molar refractivity (Wildman–Crippen MR) is 61.8 cm³/mol. The third kappa shape index (κ3) is 3.23. The fourth-order valence-electron chi connectivity index (χ4n) is 1.97. The molecule has 2 N–H and O–H groups in total.